The zero-order valence-corrected chi connectivity index (χ0v) is 18.0. The summed E-state index contributed by atoms with van der Waals surface area (Å²) in [5, 5.41) is 9.99. The number of anilines is 1. The van der Waals surface area contributed by atoms with Crippen molar-refractivity contribution in [3.8, 4) is 6.07 Å². The summed E-state index contributed by atoms with van der Waals surface area (Å²) < 4.78 is 27.8. The number of aryl methyl sites for hydroxylation is 1. The molecule has 1 saturated heterocycles. The molecule has 26 heavy (non-hydrogen) atoms. The number of ketones is 1. The molecule has 0 radical (unpaired) electrons. The van der Waals surface area contributed by atoms with E-state index >= 15 is 0 Å². The largest absolute Gasteiger partial charge is 0.286 e. The number of halogens is 1. The van der Waals surface area contributed by atoms with E-state index in [4.69, 9.17) is 5.26 Å². The topological polar surface area (TPSA) is 83.2 Å². The van der Waals surface area contributed by atoms with Crippen LogP contribution in [-0.2, 0) is 10.0 Å². The summed E-state index contributed by atoms with van der Waals surface area (Å²) in [6, 6.07) is 7.38. The average Bonchev–Trinajstić information content (AvgIpc) is 3.13. The molecule has 0 atom stereocenters. The number of Topliss-reactive ketones (excluding diaryl/α,β-unsaturated/α-hetero) is 1. The van der Waals surface area contributed by atoms with Crippen molar-refractivity contribution in [1.82, 2.24) is 3.97 Å². The highest BCUT2D eigenvalue weighted by Gasteiger charge is 2.30. The fourth-order valence-electron chi connectivity index (χ4n) is 3.13. The average molecular weight is 501 g/mol. The molecule has 136 valence electrons. The zero-order chi connectivity index (χ0) is 19.1. The lowest BCUT2D eigenvalue weighted by Crippen LogP contribution is -2.25. The minimum Gasteiger partial charge on any atom is -0.286 e. The maximum absolute atomic E-state index is 12.7. The maximum Gasteiger partial charge on any atom is 0.235 e. The van der Waals surface area contributed by atoms with Gasteiger partial charge in [-0.3, -0.25) is 13.1 Å². The first-order chi connectivity index (χ1) is 12.3. The molecule has 9 heteroatoms. The van der Waals surface area contributed by atoms with Crippen molar-refractivity contribution < 1.29 is 13.2 Å². The van der Waals surface area contributed by atoms with E-state index in [1.165, 1.54) is 19.5 Å². The van der Waals surface area contributed by atoms with E-state index in [1.807, 2.05) is 25.1 Å². The van der Waals surface area contributed by atoms with Gasteiger partial charge < -0.3 is 0 Å². The van der Waals surface area contributed by atoms with Gasteiger partial charge >= 0.3 is 0 Å². The third-order valence-electron chi connectivity index (χ3n) is 4.40. The van der Waals surface area contributed by atoms with Gasteiger partial charge in [0.05, 0.1) is 22.5 Å². The third-order valence-corrected chi connectivity index (χ3v) is 7.97. The Balaban J connectivity index is 2.22. The number of carbonyl (C=O) groups is 1. The first-order valence-corrected chi connectivity index (χ1v) is 12.8. The standard InChI is InChI=1S/C17H16IN3O3S2/c1-3-12(10-19)17(22)16-8-13-7-11(2)14(9-15(13)21(16)25-18)20-5-4-6-26(20,23)24/h3,7-9H,4-6H2,1-2H3/b12-3+. The molecule has 0 aliphatic carbocycles. The molecule has 0 unspecified atom stereocenters. The molecule has 0 spiro atoms. The van der Waals surface area contributed by atoms with Crippen LogP contribution in [0.5, 0.6) is 0 Å². The molecule has 1 fully saturated rings. The monoisotopic (exact) mass is 501 g/mol. The second-order valence-electron chi connectivity index (χ2n) is 5.98. The number of hydrogen-bond donors (Lipinski definition) is 0. The number of carbonyl (C=O) groups excluding carboxylic acids is 1. The lowest BCUT2D eigenvalue weighted by atomic mass is 10.1. The number of sulfonamides is 1. The van der Waals surface area contributed by atoms with Gasteiger partial charge in [0.15, 0.2) is 0 Å². The Kier molecular flexibility index (Phi) is 5.37. The smallest absolute Gasteiger partial charge is 0.235 e. The van der Waals surface area contributed by atoms with Crippen LogP contribution >= 0.6 is 30.3 Å². The number of nitriles is 1. The van der Waals surface area contributed by atoms with Gasteiger partial charge in [-0.15, -0.1) is 0 Å². The Morgan fingerprint density at radius 3 is 2.65 bits per heavy atom. The molecular formula is C17H16IN3O3S2. The van der Waals surface area contributed by atoms with Gasteiger partial charge in [-0.05, 0) is 44.0 Å². The van der Waals surface area contributed by atoms with E-state index in [-0.39, 0.29) is 17.1 Å². The van der Waals surface area contributed by atoms with Crippen molar-refractivity contribution in [1.29, 1.82) is 5.26 Å². The van der Waals surface area contributed by atoms with Crippen molar-refractivity contribution >= 4 is 62.7 Å². The highest BCUT2D eigenvalue weighted by molar-refractivity contribution is 14.2. The summed E-state index contributed by atoms with van der Waals surface area (Å²) >= 11 is 2.07. The molecule has 1 aliphatic heterocycles. The summed E-state index contributed by atoms with van der Waals surface area (Å²) in [7, 11) is -1.97. The third kappa shape index (κ3) is 3.14. The Labute approximate surface area is 168 Å². The summed E-state index contributed by atoms with van der Waals surface area (Å²) in [4.78, 5) is 12.7. The van der Waals surface area contributed by atoms with Crippen LogP contribution in [0.1, 0.15) is 29.4 Å². The van der Waals surface area contributed by atoms with E-state index < -0.39 is 10.0 Å². The first-order valence-electron chi connectivity index (χ1n) is 7.90. The van der Waals surface area contributed by atoms with Crippen LogP contribution < -0.4 is 4.31 Å². The number of fused-ring (bicyclic) bond motifs is 1. The van der Waals surface area contributed by atoms with Crippen LogP contribution in [0, 0.1) is 18.3 Å². The van der Waals surface area contributed by atoms with E-state index in [1.54, 1.807) is 17.0 Å². The summed E-state index contributed by atoms with van der Waals surface area (Å²) in [6.45, 7) is 3.99. The molecule has 2 heterocycles. The number of hydrogen-bond acceptors (Lipinski definition) is 5. The van der Waals surface area contributed by atoms with Gasteiger partial charge in [0.2, 0.25) is 15.8 Å². The van der Waals surface area contributed by atoms with E-state index in [0.29, 0.717) is 24.3 Å². The second kappa shape index (κ2) is 7.25. The van der Waals surface area contributed by atoms with Crippen LogP contribution in [0.2, 0.25) is 0 Å². The molecular weight excluding hydrogens is 485 g/mol. The van der Waals surface area contributed by atoms with Crippen molar-refractivity contribution in [2.75, 3.05) is 16.6 Å². The number of benzene rings is 1. The minimum atomic E-state index is -3.29. The summed E-state index contributed by atoms with van der Waals surface area (Å²) in [6.07, 6.45) is 2.11. The van der Waals surface area contributed by atoms with Gasteiger partial charge in [-0.25, -0.2) is 8.42 Å². The van der Waals surface area contributed by atoms with Crippen LogP contribution in [0.4, 0.5) is 5.69 Å². The lowest BCUT2D eigenvalue weighted by molar-refractivity contribution is 0.103. The van der Waals surface area contributed by atoms with Gasteiger partial charge in [0.25, 0.3) is 0 Å². The maximum atomic E-state index is 12.7. The van der Waals surface area contributed by atoms with Crippen molar-refractivity contribution in [2.24, 2.45) is 0 Å². The Bertz CT molecular complexity index is 1080. The van der Waals surface area contributed by atoms with Gasteiger partial charge in [-0.2, -0.15) is 5.26 Å². The number of allylic oxidation sites excluding steroid dienone is 2. The van der Waals surface area contributed by atoms with Crippen molar-refractivity contribution in [3.63, 3.8) is 0 Å². The first kappa shape index (κ1) is 19.3. The number of aromatic nitrogens is 1. The fraction of sp³-hybridized carbons (Fsp3) is 0.294. The number of rotatable bonds is 4. The zero-order valence-electron chi connectivity index (χ0n) is 14.2. The molecule has 0 amide bonds. The van der Waals surface area contributed by atoms with E-state index in [0.717, 1.165) is 16.5 Å². The molecule has 0 bridgehead atoms. The number of nitrogens with zero attached hydrogens (tertiary/aromatic N) is 3. The Hall–Kier alpha value is -1.51. The van der Waals surface area contributed by atoms with Crippen molar-refractivity contribution in [3.05, 3.63) is 41.1 Å². The molecule has 0 N–H and O–H groups in total. The molecule has 1 aromatic heterocycles. The van der Waals surface area contributed by atoms with Gasteiger partial charge in [-0.1, -0.05) is 6.08 Å². The normalized spacial score (nSPS) is 16.8. The summed E-state index contributed by atoms with van der Waals surface area (Å²) in [5.41, 5.74) is 2.71. The Morgan fingerprint density at radius 2 is 2.12 bits per heavy atom. The SMILES string of the molecule is C/C=C(\C#N)C(=O)c1cc2cc(C)c(N3CCCS3(=O)=O)cc2n1SI. The van der Waals surface area contributed by atoms with Gasteiger partial charge in [0.1, 0.15) is 11.8 Å². The van der Waals surface area contributed by atoms with E-state index in [9.17, 15) is 13.2 Å². The quantitative estimate of drug-likeness (QED) is 0.274. The lowest BCUT2D eigenvalue weighted by Gasteiger charge is -2.19. The molecule has 0 saturated carbocycles. The molecule has 6 nitrogen and oxygen atoms in total. The van der Waals surface area contributed by atoms with Gasteiger partial charge in [0, 0.05) is 42.3 Å². The second-order valence-corrected chi connectivity index (χ2v) is 9.67. The predicted octanol–water partition coefficient (Wildman–Crippen LogP) is 3.99. The molecule has 2 aromatic rings. The van der Waals surface area contributed by atoms with Crippen LogP contribution in [0.25, 0.3) is 10.9 Å². The van der Waals surface area contributed by atoms with E-state index in [2.05, 4.69) is 21.2 Å². The van der Waals surface area contributed by atoms with Crippen molar-refractivity contribution in [2.45, 2.75) is 20.3 Å². The predicted molar refractivity (Wildman–Crippen MR) is 113 cm³/mol. The molecule has 1 aliphatic rings. The minimum absolute atomic E-state index is 0.0820. The molecule has 3 rings (SSSR count). The highest BCUT2D eigenvalue weighted by atomic mass is 127. The fourth-order valence-corrected chi connectivity index (χ4v) is 6.46. The summed E-state index contributed by atoms with van der Waals surface area (Å²) in [5.74, 6) is -0.188. The Morgan fingerprint density at radius 1 is 1.38 bits per heavy atom. The van der Waals surface area contributed by atoms with Crippen LogP contribution in [0.3, 0.4) is 0 Å². The molecule has 1 aromatic carbocycles. The van der Waals surface area contributed by atoms with Crippen LogP contribution in [0.15, 0.2) is 29.8 Å². The highest BCUT2D eigenvalue weighted by Crippen LogP contribution is 2.36. The van der Waals surface area contributed by atoms with Crippen LogP contribution in [-0.4, -0.2) is 30.5 Å².